The normalized spacial score (nSPS) is 16.2. The first-order valence-corrected chi connectivity index (χ1v) is 10.6. The summed E-state index contributed by atoms with van der Waals surface area (Å²) < 4.78 is 26.8. The summed E-state index contributed by atoms with van der Waals surface area (Å²) in [5.74, 6) is -0.0809. The van der Waals surface area contributed by atoms with Crippen LogP contribution in [0.25, 0.3) is 0 Å². The van der Waals surface area contributed by atoms with Crippen molar-refractivity contribution in [2.45, 2.75) is 18.2 Å². The van der Waals surface area contributed by atoms with Gasteiger partial charge in [-0.2, -0.15) is 4.31 Å². The number of hydrogen-bond donors (Lipinski definition) is 1. The smallest absolute Gasteiger partial charge is 0.243 e. The summed E-state index contributed by atoms with van der Waals surface area (Å²) in [5.41, 5.74) is 1.97. The number of carbonyl (C=O) groups is 1. The van der Waals surface area contributed by atoms with Gasteiger partial charge in [0.25, 0.3) is 0 Å². The van der Waals surface area contributed by atoms with Gasteiger partial charge in [-0.1, -0.05) is 37.3 Å². The van der Waals surface area contributed by atoms with E-state index < -0.39 is 10.0 Å². The predicted octanol–water partition coefficient (Wildman–Crippen LogP) is 2.19. The van der Waals surface area contributed by atoms with Gasteiger partial charge >= 0.3 is 0 Å². The summed E-state index contributed by atoms with van der Waals surface area (Å²) in [6.45, 7) is 4.17. The van der Waals surface area contributed by atoms with Gasteiger partial charge in [0, 0.05) is 31.9 Å². The molecular weight excluding hydrogens is 362 g/mol. The molecule has 144 valence electrons. The van der Waals surface area contributed by atoms with E-state index in [1.165, 1.54) is 9.87 Å². The van der Waals surface area contributed by atoms with Crippen LogP contribution in [-0.4, -0.2) is 56.3 Å². The lowest BCUT2D eigenvalue weighted by atomic mass is 10.1. The second-order valence-electron chi connectivity index (χ2n) is 6.60. The van der Waals surface area contributed by atoms with Crippen LogP contribution in [0.15, 0.2) is 59.5 Å². The first-order chi connectivity index (χ1) is 13.0. The van der Waals surface area contributed by atoms with Crippen LogP contribution in [0.4, 0.5) is 5.69 Å². The second kappa shape index (κ2) is 8.65. The number of aryl methyl sites for hydroxylation is 1. The van der Waals surface area contributed by atoms with Crippen LogP contribution < -0.4 is 5.32 Å². The SMILES string of the molecule is CCc1cccc(NC(=O)CN2CCN(S(=O)(=O)c3ccccc3)CC2)c1. The van der Waals surface area contributed by atoms with Gasteiger partial charge in [0.15, 0.2) is 0 Å². The third-order valence-corrected chi connectivity index (χ3v) is 6.61. The molecule has 1 aliphatic rings. The Morgan fingerprint density at radius 1 is 1.00 bits per heavy atom. The molecule has 0 spiro atoms. The van der Waals surface area contributed by atoms with Gasteiger partial charge in [0.05, 0.1) is 11.4 Å². The maximum atomic E-state index is 12.6. The fourth-order valence-electron chi connectivity index (χ4n) is 3.14. The minimum absolute atomic E-state index is 0.0809. The zero-order valence-corrected chi connectivity index (χ0v) is 16.3. The first-order valence-electron chi connectivity index (χ1n) is 9.15. The molecule has 0 aliphatic carbocycles. The van der Waals surface area contributed by atoms with Gasteiger partial charge in [-0.3, -0.25) is 9.69 Å². The molecule has 0 bridgehead atoms. The lowest BCUT2D eigenvalue weighted by Gasteiger charge is -2.33. The van der Waals surface area contributed by atoms with Gasteiger partial charge in [-0.05, 0) is 36.2 Å². The lowest BCUT2D eigenvalue weighted by Crippen LogP contribution is -2.50. The van der Waals surface area contributed by atoms with Gasteiger partial charge in [-0.15, -0.1) is 0 Å². The van der Waals surface area contributed by atoms with E-state index in [2.05, 4.69) is 12.2 Å². The zero-order chi connectivity index (χ0) is 19.3. The number of piperazine rings is 1. The van der Waals surface area contributed by atoms with Crippen molar-refractivity contribution in [1.29, 1.82) is 0 Å². The fourth-order valence-corrected chi connectivity index (χ4v) is 4.59. The Balaban J connectivity index is 1.52. The Morgan fingerprint density at radius 2 is 1.70 bits per heavy atom. The summed E-state index contributed by atoms with van der Waals surface area (Å²) in [5, 5.41) is 2.92. The molecule has 1 aliphatic heterocycles. The Labute approximate surface area is 160 Å². The van der Waals surface area contributed by atoms with E-state index in [9.17, 15) is 13.2 Å². The Kier molecular flexibility index (Phi) is 6.26. The standard InChI is InChI=1S/C20H25N3O3S/c1-2-17-7-6-8-18(15-17)21-20(24)16-22-11-13-23(14-12-22)27(25,26)19-9-4-3-5-10-19/h3-10,15H,2,11-14,16H2,1H3,(H,21,24). The summed E-state index contributed by atoms with van der Waals surface area (Å²) in [4.78, 5) is 14.6. The van der Waals surface area contributed by atoms with Crippen LogP contribution in [0.1, 0.15) is 12.5 Å². The third-order valence-electron chi connectivity index (χ3n) is 4.70. The molecule has 7 heteroatoms. The summed E-state index contributed by atoms with van der Waals surface area (Å²) in [6, 6.07) is 16.3. The average molecular weight is 388 g/mol. The molecule has 0 unspecified atom stereocenters. The van der Waals surface area contributed by atoms with Crippen LogP contribution in [0.3, 0.4) is 0 Å². The fraction of sp³-hybridized carbons (Fsp3) is 0.350. The minimum atomic E-state index is -3.46. The van der Waals surface area contributed by atoms with Gasteiger partial charge in [0.1, 0.15) is 0 Å². The Morgan fingerprint density at radius 3 is 2.37 bits per heavy atom. The number of sulfonamides is 1. The highest BCUT2D eigenvalue weighted by atomic mass is 32.2. The highest BCUT2D eigenvalue weighted by Gasteiger charge is 2.28. The first kappa shape index (κ1) is 19.5. The number of anilines is 1. The molecule has 27 heavy (non-hydrogen) atoms. The number of amides is 1. The van der Waals surface area contributed by atoms with Crippen molar-refractivity contribution in [3.8, 4) is 0 Å². The molecule has 2 aromatic carbocycles. The number of benzene rings is 2. The van der Waals surface area contributed by atoms with Crippen molar-refractivity contribution in [2.75, 3.05) is 38.0 Å². The molecule has 0 saturated carbocycles. The Bertz CT molecular complexity index is 876. The van der Waals surface area contributed by atoms with Crippen molar-refractivity contribution in [3.63, 3.8) is 0 Å². The van der Waals surface area contributed by atoms with E-state index in [1.54, 1.807) is 30.3 Å². The molecule has 1 saturated heterocycles. The molecule has 1 heterocycles. The van der Waals surface area contributed by atoms with Crippen molar-refractivity contribution in [1.82, 2.24) is 9.21 Å². The topological polar surface area (TPSA) is 69.7 Å². The van der Waals surface area contributed by atoms with Crippen molar-refractivity contribution < 1.29 is 13.2 Å². The molecule has 0 radical (unpaired) electrons. The van der Waals surface area contributed by atoms with E-state index >= 15 is 0 Å². The number of nitrogens with zero attached hydrogens (tertiary/aromatic N) is 2. The van der Waals surface area contributed by atoms with E-state index in [0.29, 0.717) is 31.1 Å². The van der Waals surface area contributed by atoms with Crippen molar-refractivity contribution >= 4 is 21.6 Å². The van der Waals surface area contributed by atoms with Crippen LogP contribution >= 0.6 is 0 Å². The van der Waals surface area contributed by atoms with E-state index in [4.69, 9.17) is 0 Å². The van der Waals surface area contributed by atoms with Gasteiger partial charge in [-0.25, -0.2) is 8.42 Å². The maximum absolute atomic E-state index is 12.6. The number of nitrogens with one attached hydrogen (secondary N) is 1. The molecular formula is C20H25N3O3S. The third kappa shape index (κ3) is 4.94. The molecule has 0 aromatic heterocycles. The highest BCUT2D eigenvalue weighted by Crippen LogP contribution is 2.17. The molecule has 2 aromatic rings. The molecule has 3 rings (SSSR count). The number of rotatable bonds is 6. The zero-order valence-electron chi connectivity index (χ0n) is 15.5. The summed E-state index contributed by atoms with van der Waals surface area (Å²) in [6.07, 6.45) is 0.918. The quantitative estimate of drug-likeness (QED) is 0.825. The summed E-state index contributed by atoms with van der Waals surface area (Å²) >= 11 is 0. The van der Waals surface area contributed by atoms with E-state index in [1.807, 2.05) is 29.2 Å². The van der Waals surface area contributed by atoms with Crippen LogP contribution in [-0.2, 0) is 21.2 Å². The Hall–Kier alpha value is -2.22. The minimum Gasteiger partial charge on any atom is -0.325 e. The monoisotopic (exact) mass is 387 g/mol. The highest BCUT2D eigenvalue weighted by molar-refractivity contribution is 7.89. The van der Waals surface area contributed by atoms with Crippen LogP contribution in [0.2, 0.25) is 0 Å². The molecule has 0 atom stereocenters. The van der Waals surface area contributed by atoms with Crippen LogP contribution in [0, 0.1) is 0 Å². The van der Waals surface area contributed by atoms with Gasteiger partial charge in [0.2, 0.25) is 15.9 Å². The lowest BCUT2D eigenvalue weighted by molar-refractivity contribution is -0.117. The molecule has 1 N–H and O–H groups in total. The molecule has 1 amide bonds. The average Bonchev–Trinajstić information content (AvgIpc) is 2.69. The van der Waals surface area contributed by atoms with Gasteiger partial charge < -0.3 is 5.32 Å². The maximum Gasteiger partial charge on any atom is 0.243 e. The van der Waals surface area contributed by atoms with Crippen molar-refractivity contribution in [2.24, 2.45) is 0 Å². The largest absolute Gasteiger partial charge is 0.325 e. The summed E-state index contributed by atoms with van der Waals surface area (Å²) in [7, 11) is -3.46. The predicted molar refractivity (Wildman–Crippen MR) is 106 cm³/mol. The van der Waals surface area contributed by atoms with E-state index in [0.717, 1.165) is 12.1 Å². The molecule has 6 nitrogen and oxygen atoms in total. The number of hydrogen-bond acceptors (Lipinski definition) is 4. The number of carbonyl (C=O) groups excluding carboxylic acids is 1. The van der Waals surface area contributed by atoms with E-state index in [-0.39, 0.29) is 12.5 Å². The second-order valence-corrected chi connectivity index (χ2v) is 8.53. The van der Waals surface area contributed by atoms with Crippen molar-refractivity contribution in [3.05, 3.63) is 60.2 Å². The molecule has 1 fully saturated rings. The van der Waals surface area contributed by atoms with Crippen LogP contribution in [0.5, 0.6) is 0 Å².